The number of nitrogens with zero attached hydrogens (tertiary/aromatic N) is 3. The monoisotopic (exact) mass is 368 g/mol. The van der Waals surface area contributed by atoms with Crippen molar-refractivity contribution in [3.63, 3.8) is 0 Å². The van der Waals surface area contributed by atoms with Gasteiger partial charge in [0.1, 0.15) is 22.9 Å². The average Bonchev–Trinajstić information content (AvgIpc) is 2.79. The van der Waals surface area contributed by atoms with Gasteiger partial charge in [-0.05, 0) is 26.0 Å². The van der Waals surface area contributed by atoms with Gasteiger partial charge in [0.05, 0.1) is 0 Å². The van der Waals surface area contributed by atoms with Crippen LogP contribution in [0.4, 0.5) is 5.82 Å². The van der Waals surface area contributed by atoms with Gasteiger partial charge in [0.15, 0.2) is 12.1 Å². The molecule has 1 N–H and O–H groups in total. The lowest BCUT2D eigenvalue weighted by atomic mass is 10.2. The minimum Gasteiger partial charge on any atom is -0.366 e. The smallest absolute Gasteiger partial charge is 0.154 e. The molecule has 0 amide bonds. The second kappa shape index (κ2) is 7.63. The number of nitrogens with one attached hydrogen (secondary N) is 1. The van der Waals surface area contributed by atoms with Crippen molar-refractivity contribution in [1.29, 1.82) is 0 Å². The molecule has 0 fully saturated rings. The summed E-state index contributed by atoms with van der Waals surface area (Å²) in [5.74, 6) is 0.721. The normalized spacial score (nSPS) is 12.1. The van der Waals surface area contributed by atoms with E-state index in [1.54, 1.807) is 4.68 Å². The number of hydrogen-bond acceptors (Lipinski definition) is 5. The SMILES string of the molecule is CC(C)Nc1c2nc(Cl)cc(C=O)c2nn1COCC[Si](C)(C)C. The van der Waals surface area contributed by atoms with E-state index in [0.717, 1.165) is 18.1 Å². The van der Waals surface area contributed by atoms with Crippen LogP contribution in [0.2, 0.25) is 30.8 Å². The average molecular weight is 369 g/mol. The van der Waals surface area contributed by atoms with E-state index in [4.69, 9.17) is 16.3 Å². The number of carbonyl (C=O) groups excluding carboxylic acids is 1. The fourth-order valence-corrected chi connectivity index (χ4v) is 3.18. The van der Waals surface area contributed by atoms with Crippen LogP contribution in [0.1, 0.15) is 24.2 Å². The highest BCUT2D eigenvalue weighted by atomic mass is 35.5. The Kier molecular flexibility index (Phi) is 6.00. The molecule has 0 aliphatic heterocycles. The summed E-state index contributed by atoms with van der Waals surface area (Å²) >= 11 is 6.04. The van der Waals surface area contributed by atoms with Gasteiger partial charge in [-0.15, -0.1) is 0 Å². The Morgan fingerprint density at radius 1 is 1.38 bits per heavy atom. The minimum atomic E-state index is -1.14. The maximum atomic E-state index is 11.3. The highest BCUT2D eigenvalue weighted by molar-refractivity contribution is 6.76. The second-order valence-electron chi connectivity index (χ2n) is 7.34. The van der Waals surface area contributed by atoms with Gasteiger partial charge in [0, 0.05) is 26.3 Å². The zero-order valence-electron chi connectivity index (χ0n) is 14.9. The summed E-state index contributed by atoms with van der Waals surface area (Å²) in [6.45, 7) is 12.0. The third kappa shape index (κ3) is 4.78. The van der Waals surface area contributed by atoms with Gasteiger partial charge in [-0.2, -0.15) is 5.10 Å². The molecule has 2 heterocycles. The van der Waals surface area contributed by atoms with Crippen LogP contribution in [0.15, 0.2) is 6.07 Å². The second-order valence-corrected chi connectivity index (χ2v) is 13.4. The number of ether oxygens (including phenoxy) is 1. The third-order valence-electron chi connectivity index (χ3n) is 3.46. The summed E-state index contributed by atoms with van der Waals surface area (Å²) in [5, 5.41) is 8.10. The zero-order chi connectivity index (χ0) is 17.9. The number of rotatable bonds is 8. The van der Waals surface area contributed by atoms with Gasteiger partial charge in [-0.1, -0.05) is 31.2 Å². The van der Waals surface area contributed by atoms with Crippen molar-refractivity contribution in [2.45, 2.75) is 52.3 Å². The van der Waals surface area contributed by atoms with E-state index in [9.17, 15) is 4.79 Å². The molecule has 0 saturated carbocycles. The standard InChI is InChI=1S/C16H25ClN4O2Si/c1-11(2)18-16-15-14(12(9-22)8-13(17)19-15)20-21(16)10-23-6-7-24(3,4)5/h8-9,11,18H,6-7,10H2,1-5H3. The fraction of sp³-hybridized carbons (Fsp3) is 0.562. The highest BCUT2D eigenvalue weighted by Crippen LogP contribution is 2.26. The van der Waals surface area contributed by atoms with Crippen molar-refractivity contribution in [2.24, 2.45) is 0 Å². The molecule has 6 nitrogen and oxygen atoms in total. The first-order chi connectivity index (χ1) is 11.2. The van der Waals surface area contributed by atoms with Crippen molar-refractivity contribution in [3.8, 4) is 0 Å². The van der Waals surface area contributed by atoms with Gasteiger partial charge in [0.2, 0.25) is 0 Å². The van der Waals surface area contributed by atoms with Crippen molar-refractivity contribution in [3.05, 3.63) is 16.8 Å². The van der Waals surface area contributed by atoms with Crippen LogP contribution in [0, 0.1) is 0 Å². The molecule has 24 heavy (non-hydrogen) atoms. The molecule has 0 saturated heterocycles. The van der Waals surface area contributed by atoms with E-state index < -0.39 is 8.07 Å². The van der Waals surface area contributed by atoms with E-state index in [2.05, 4.69) is 35.0 Å². The Hall–Kier alpha value is -1.44. The molecule has 0 aliphatic carbocycles. The molecular weight excluding hydrogens is 344 g/mol. The summed E-state index contributed by atoms with van der Waals surface area (Å²) in [5.41, 5.74) is 1.55. The highest BCUT2D eigenvalue weighted by Gasteiger charge is 2.18. The molecule has 132 valence electrons. The largest absolute Gasteiger partial charge is 0.366 e. The zero-order valence-corrected chi connectivity index (χ0v) is 16.6. The molecule has 2 rings (SSSR count). The quantitative estimate of drug-likeness (QED) is 0.329. The maximum absolute atomic E-state index is 11.3. The third-order valence-corrected chi connectivity index (χ3v) is 5.35. The van der Waals surface area contributed by atoms with Crippen LogP contribution in [0.3, 0.4) is 0 Å². The predicted octanol–water partition coefficient (Wildman–Crippen LogP) is 4.03. The Morgan fingerprint density at radius 2 is 2.08 bits per heavy atom. The molecular formula is C16H25ClN4O2Si. The lowest BCUT2D eigenvalue weighted by molar-refractivity contribution is 0.0804. The summed E-state index contributed by atoms with van der Waals surface area (Å²) in [4.78, 5) is 15.6. The lowest BCUT2D eigenvalue weighted by Crippen LogP contribution is -2.22. The van der Waals surface area contributed by atoms with Crippen molar-refractivity contribution < 1.29 is 9.53 Å². The summed E-state index contributed by atoms with van der Waals surface area (Å²) < 4.78 is 7.51. The molecule has 0 atom stereocenters. The van der Waals surface area contributed by atoms with E-state index in [1.807, 2.05) is 13.8 Å². The Morgan fingerprint density at radius 3 is 2.67 bits per heavy atom. The van der Waals surface area contributed by atoms with E-state index in [0.29, 0.717) is 29.9 Å². The summed E-state index contributed by atoms with van der Waals surface area (Å²) in [6, 6.07) is 2.80. The van der Waals surface area contributed by atoms with Gasteiger partial charge in [-0.3, -0.25) is 4.79 Å². The van der Waals surface area contributed by atoms with E-state index in [-0.39, 0.29) is 11.2 Å². The molecule has 8 heteroatoms. The summed E-state index contributed by atoms with van der Waals surface area (Å²) in [6.07, 6.45) is 0.748. The first kappa shape index (κ1) is 18.9. The Bertz CT molecular complexity index is 725. The molecule has 2 aromatic heterocycles. The van der Waals surface area contributed by atoms with Crippen molar-refractivity contribution in [1.82, 2.24) is 14.8 Å². The number of aromatic nitrogens is 3. The number of pyridine rings is 1. The van der Waals surface area contributed by atoms with Gasteiger partial charge >= 0.3 is 0 Å². The summed E-state index contributed by atoms with van der Waals surface area (Å²) in [7, 11) is -1.14. The van der Waals surface area contributed by atoms with Crippen LogP contribution < -0.4 is 5.32 Å². The van der Waals surface area contributed by atoms with Crippen molar-refractivity contribution in [2.75, 3.05) is 11.9 Å². The molecule has 0 aliphatic rings. The Labute approximate surface area is 148 Å². The molecule has 0 bridgehead atoms. The number of halogens is 1. The number of carbonyl (C=O) groups is 1. The number of fused-ring (bicyclic) bond motifs is 1. The fourth-order valence-electron chi connectivity index (χ4n) is 2.22. The van der Waals surface area contributed by atoms with Crippen LogP contribution in [0.5, 0.6) is 0 Å². The predicted molar refractivity (Wildman–Crippen MR) is 101 cm³/mol. The minimum absolute atomic E-state index is 0.186. The van der Waals surface area contributed by atoms with Crippen LogP contribution in [-0.2, 0) is 11.5 Å². The van der Waals surface area contributed by atoms with Gasteiger partial charge in [-0.25, -0.2) is 9.67 Å². The first-order valence-electron chi connectivity index (χ1n) is 8.08. The van der Waals surface area contributed by atoms with E-state index >= 15 is 0 Å². The topological polar surface area (TPSA) is 69.0 Å². The van der Waals surface area contributed by atoms with Crippen LogP contribution in [0.25, 0.3) is 11.0 Å². The molecule has 0 spiro atoms. The van der Waals surface area contributed by atoms with Gasteiger partial charge in [0.25, 0.3) is 0 Å². The first-order valence-corrected chi connectivity index (χ1v) is 12.2. The van der Waals surface area contributed by atoms with Crippen LogP contribution in [-0.4, -0.2) is 41.8 Å². The number of hydrogen-bond donors (Lipinski definition) is 1. The molecule has 0 aromatic carbocycles. The molecule has 2 aromatic rings. The van der Waals surface area contributed by atoms with E-state index in [1.165, 1.54) is 6.07 Å². The van der Waals surface area contributed by atoms with Crippen LogP contribution >= 0.6 is 11.6 Å². The number of aldehydes is 1. The number of anilines is 1. The Balaban J connectivity index is 2.32. The molecule has 0 unspecified atom stereocenters. The maximum Gasteiger partial charge on any atom is 0.154 e. The lowest BCUT2D eigenvalue weighted by Gasteiger charge is -2.16. The van der Waals surface area contributed by atoms with Gasteiger partial charge < -0.3 is 10.1 Å². The molecule has 0 radical (unpaired) electrons. The van der Waals surface area contributed by atoms with Crippen molar-refractivity contribution >= 4 is 42.8 Å².